The lowest BCUT2D eigenvalue weighted by Gasteiger charge is -2.36. The van der Waals surface area contributed by atoms with Crippen molar-refractivity contribution in [1.29, 1.82) is 0 Å². The minimum atomic E-state index is -0.730. The Hall–Kier alpha value is -1.48. The zero-order valence-corrected chi connectivity index (χ0v) is 9.83. The van der Waals surface area contributed by atoms with Gasteiger partial charge in [0.2, 0.25) is 0 Å². The molecule has 3 nitrogen and oxygen atoms in total. The van der Waals surface area contributed by atoms with Gasteiger partial charge in [-0.3, -0.25) is 0 Å². The fourth-order valence-corrected chi connectivity index (χ4v) is 2.44. The summed E-state index contributed by atoms with van der Waals surface area (Å²) in [6, 6.07) is 6.81. The maximum absolute atomic E-state index is 11.8. The van der Waals surface area contributed by atoms with Crippen molar-refractivity contribution in [2.45, 2.75) is 24.9 Å². The zero-order valence-electron chi connectivity index (χ0n) is 9.07. The maximum atomic E-state index is 11.8. The van der Waals surface area contributed by atoms with Crippen molar-refractivity contribution in [1.82, 2.24) is 0 Å². The van der Waals surface area contributed by atoms with Gasteiger partial charge in [0.1, 0.15) is 5.57 Å². The van der Waals surface area contributed by atoms with Gasteiger partial charge < -0.3 is 9.84 Å². The summed E-state index contributed by atoms with van der Waals surface area (Å²) in [6.45, 7) is 0. The Kier molecular flexibility index (Phi) is 2.20. The molecule has 1 aliphatic heterocycles. The molecule has 2 aliphatic rings. The summed E-state index contributed by atoms with van der Waals surface area (Å²) in [5.74, 6) is -0.361. The Morgan fingerprint density at radius 1 is 1.24 bits per heavy atom. The minimum absolute atomic E-state index is 0.0797. The highest BCUT2D eigenvalue weighted by Gasteiger charge is 2.52. The first kappa shape index (κ1) is 10.7. The summed E-state index contributed by atoms with van der Waals surface area (Å²) < 4.78 is 5.30. The lowest BCUT2D eigenvalue weighted by Crippen LogP contribution is -2.39. The smallest absolute Gasteiger partial charge is 0.343 e. The lowest BCUT2D eigenvalue weighted by molar-refractivity contribution is -0.154. The maximum Gasteiger partial charge on any atom is 0.343 e. The second-order valence-electron chi connectivity index (χ2n) is 4.47. The predicted octanol–water partition coefficient (Wildman–Crippen LogP) is 3.09. The molecule has 4 heteroatoms. The van der Waals surface area contributed by atoms with Crippen molar-refractivity contribution < 1.29 is 14.6 Å². The van der Waals surface area contributed by atoms with Gasteiger partial charge in [-0.05, 0) is 37.0 Å². The Bertz CT molecular complexity index is 512. The second-order valence-corrected chi connectivity index (χ2v) is 4.90. The highest BCUT2D eigenvalue weighted by molar-refractivity contribution is 6.30. The first-order valence-electron chi connectivity index (χ1n) is 5.55. The predicted molar refractivity (Wildman–Crippen MR) is 63.7 cm³/mol. The molecule has 1 N–H and O–H groups in total. The fourth-order valence-electron chi connectivity index (χ4n) is 2.31. The van der Waals surface area contributed by atoms with Crippen LogP contribution in [0.5, 0.6) is 0 Å². The van der Waals surface area contributed by atoms with Crippen molar-refractivity contribution in [3.63, 3.8) is 0 Å². The van der Waals surface area contributed by atoms with Crippen molar-refractivity contribution in [3.05, 3.63) is 40.6 Å². The molecule has 88 valence electrons. The monoisotopic (exact) mass is 250 g/mol. The van der Waals surface area contributed by atoms with E-state index in [9.17, 15) is 9.90 Å². The quantitative estimate of drug-likeness (QED) is 0.779. The van der Waals surface area contributed by atoms with E-state index in [1.165, 1.54) is 0 Å². The highest BCUT2D eigenvalue weighted by atomic mass is 35.5. The average molecular weight is 251 g/mol. The number of carbonyl (C=O) groups excluding carboxylic acids is 1. The summed E-state index contributed by atoms with van der Waals surface area (Å²) in [7, 11) is 0. The van der Waals surface area contributed by atoms with E-state index in [0.29, 0.717) is 23.4 Å². The van der Waals surface area contributed by atoms with Gasteiger partial charge in [0, 0.05) is 5.02 Å². The molecule has 0 atom stereocenters. The summed E-state index contributed by atoms with van der Waals surface area (Å²) in [5.41, 5.74) is 0.202. The Morgan fingerprint density at radius 3 is 2.35 bits per heavy atom. The molecule has 3 rings (SSSR count). The SMILES string of the molecule is O=C1OC2(CCC2)C(O)=C1c1ccc(Cl)cc1. The summed E-state index contributed by atoms with van der Waals surface area (Å²) in [5, 5.41) is 10.7. The molecular formula is C13H11ClO3. The van der Waals surface area contributed by atoms with E-state index in [-0.39, 0.29) is 11.3 Å². The summed E-state index contributed by atoms with van der Waals surface area (Å²) in [4.78, 5) is 11.8. The molecule has 0 radical (unpaired) electrons. The van der Waals surface area contributed by atoms with Crippen molar-refractivity contribution >= 4 is 23.1 Å². The molecule has 1 aromatic carbocycles. The van der Waals surface area contributed by atoms with E-state index >= 15 is 0 Å². The Morgan fingerprint density at radius 2 is 1.88 bits per heavy atom. The first-order valence-corrected chi connectivity index (χ1v) is 5.93. The largest absolute Gasteiger partial charge is 0.507 e. The molecule has 17 heavy (non-hydrogen) atoms. The third-order valence-electron chi connectivity index (χ3n) is 3.45. The van der Waals surface area contributed by atoms with E-state index in [4.69, 9.17) is 16.3 Å². The normalized spacial score (nSPS) is 21.6. The van der Waals surface area contributed by atoms with Crippen molar-refractivity contribution in [2.24, 2.45) is 0 Å². The minimum Gasteiger partial charge on any atom is -0.507 e. The zero-order chi connectivity index (χ0) is 12.0. The third kappa shape index (κ3) is 1.46. The van der Waals surface area contributed by atoms with Crippen LogP contribution >= 0.6 is 11.6 Å². The van der Waals surface area contributed by atoms with Crippen molar-refractivity contribution in [3.8, 4) is 0 Å². The third-order valence-corrected chi connectivity index (χ3v) is 3.71. The number of carbonyl (C=O) groups is 1. The Labute approximate surface area is 104 Å². The highest BCUT2D eigenvalue weighted by Crippen LogP contribution is 2.48. The van der Waals surface area contributed by atoms with Crippen LogP contribution in [0.2, 0.25) is 5.02 Å². The molecule has 0 saturated heterocycles. The number of rotatable bonds is 1. The topological polar surface area (TPSA) is 46.5 Å². The van der Waals surface area contributed by atoms with Crippen LogP contribution in [-0.4, -0.2) is 16.7 Å². The van der Waals surface area contributed by atoms with Crippen LogP contribution in [0.1, 0.15) is 24.8 Å². The van der Waals surface area contributed by atoms with E-state index < -0.39 is 11.6 Å². The van der Waals surface area contributed by atoms with E-state index in [1.807, 2.05) is 0 Å². The molecule has 0 amide bonds. The van der Waals surface area contributed by atoms with Crippen LogP contribution in [0, 0.1) is 0 Å². The second kappa shape index (κ2) is 3.50. The molecule has 1 saturated carbocycles. The first-order chi connectivity index (χ1) is 8.12. The van der Waals surface area contributed by atoms with E-state index in [1.54, 1.807) is 24.3 Å². The van der Waals surface area contributed by atoms with Crippen LogP contribution in [0.15, 0.2) is 30.0 Å². The molecular weight excluding hydrogens is 240 g/mol. The number of benzene rings is 1. The van der Waals surface area contributed by atoms with Crippen LogP contribution in [0.3, 0.4) is 0 Å². The number of aliphatic hydroxyl groups excluding tert-OH is 1. The molecule has 1 aliphatic carbocycles. The van der Waals surface area contributed by atoms with Crippen LogP contribution in [-0.2, 0) is 9.53 Å². The van der Waals surface area contributed by atoms with Gasteiger partial charge in [-0.15, -0.1) is 0 Å². The van der Waals surface area contributed by atoms with Gasteiger partial charge >= 0.3 is 5.97 Å². The molecule has 1 fully saturated rings. The molecule has 0 unspecified atom stereocenters. The standard InChI is InChI=1S/C13H11ClO3/c14-9-4-2-8(3-5-9)10-11(15)13(6-1-7-13)17-12(10)16/h2-5,15H,1,6-7H2. The number of esters is 1. The van der Waals surface area contributed by atoms with Gasteiger partial charge in [-0.25, -0.2) is 4.79 Å². The number of aliphatic hydroxyl groups is 1. The number of hydrogen-bond donors (Lipinski definition) is 1. The molecule has 1 heterocycles. The lowest BCUT2D eigenvalue weighted by atomic mass is 9.78. The fraction of sp³-hybridized carbons (Fsp3) is 0.308. The van der Waals surface area contributed by atoms with Crippen LogP contribution in [0.4, 0.5) is 0 Å². The average Bonchev–Trinajstić information content (AvgIpc) is 2.52. The van der Waals surface area contributed by atoms with Crippen molar-refractivity contribution in [2.75, 3.05) is 0 Å². The summed E-state index contributed by atoms with van der Waals surface area (Å²) >= 11 is 5.79. The van der Waals surface area contributed by atoms with E-state index in [0.717, 1.165) is 6.42 Å². The molecule has 1 spiro atoms. The molecule has 0 aromatic heterocycles. The number of halogens is 1. The van der Waals surface area contributed by atoms with E-state index in [2.05, 4.69) is 0 Å². The van der Waals surface area contributed by atoms with Gasteiger partial charge in [-0.1, -0.05) is 23.7 Å². The molecule has 0 bridgehead atoms. The number of ether oxygens (including phenoxy) is 1. The van der Waals surface area contributed by atoms with Gasteiger partial charge in [0.15, 0.2) is 11.4 Å². The van der Waals surface area contributed by atoms with Crippen LogP contribution in [0.25, 0.3) is 5.57 Å². The number of hydrogen-bond acceptors (Lipinski definition) is 3. The summed E-state index contributed by atoms with van der Waals surface area (Å²) in [6.07, 6.45) is 2.40. The van der Waals surface area contributed by atoms with Gasteiger partial charge in [0.05, 0.1) is 0 Å². The van der Waals surface area contributed by atoms with Crippen LogP contribution < -0.4 is 0 Å². The van der Waals surface area contributed by atoms with Gasteiger partial charge in [0.25, 0.3) is 0 Å². The molecule has 1 aromatic rings. The van der Waals surface area contributed by atoms with Gasteiger partial charge in [-0.2, -0.15) is 0 Å². The Balaban J connectivity index is 2.07.